The lowest BCUT2D eigenvalue weighted by atomic mass is 10.0. The molecule has 0 aliphatic rings. The fraction of sp³-hybridized carbons (Fsp3) is 0.788. The van der Waals surface area contributed by atoms with Crippen molar-refractivity contribution in [3.63, 3.8) is 0 Å². The first-order chi connectivity index (χ1) is 28.5. The number of carbonyl (C=O) groups is 3. The molecule has 6 nitrogen and oxygen atoms in total. The fourth-order valence-corrected chi connectivity index (χ4v) is 6.81. The van der Waals surface area contributed by atoms with Crippen LogP contribution < -0.4 is 0 Å². The lowest BCUT2D eigenvalue weighted by molar-refractivity contribution is -0.167. The highest BCUT2D eigenvalue weighted by Crippen LogP contribution is 2.15. The molecular formula is C52H92O6. The van der Waals surface area contributed by atoms with Crippen LogP contribution in [0.2, 0.25) is 0 Å². The van der Waals surface area contributed by atoms with Gasteiger partial charge in [0.2, 0.25) is 0 Å². The molecule has 0 aromatic rings. The number of unbranched alkanes of at least 4 members (excludes halogenated alkanes) is 25. The van der Waals surface area contributed by atoms with E-state index in [1.807, 2.05) is 0 Å². The molecule has 0 aliphatic heterocycles. The van der Waals surface area contributed by atoms with Gasteiger partial charge in [-0.15, -0.1) is 0 Å². The summed E-state index contributed by atoms with van der Waals surface area (Å²) < 4.78 is 16.7. The second kappa shape index (κ2) is 47.1. The molecule has 1 atom stereocenters. The van der Waals surface area contributed by atoms with Gasteiger partial charge in [0.25, 0.3) is 0 Å². The number of esters is 3. The zero-order chi connectivity index (χ0) is 42.3. The third-order valence-corrected chi connectivity index (χ3v) is 10.6. The average molecular weight is 813 g/mol. The summed E-state index contributed by atoms with van der Waals surface area (Å²) in [6.45, 7) is 6.53. The lowest BCUT2D eigenvalue weighted by Crippen LogP contribution is -2.30. The Hall–Kier alpha value is -2.63. The highest BCUT2D eigenvalue weighted by atomic mass is 16.6. The average Bonchev–Trinajstić information content (AvgIpc) is 3.22. The van der Waals surface area contributed by atoms with Gasteiger partial charge < -0.3 is 14.2 Å². The van der Waals surface area contributed by atoms with Gasteiger partial charge in [-0.3, -0.25) is 14.4 Å². The van der Waals surface area contributed by atoms with Gasteiger partial charge >= 0.3 is 17.9 Å². The standard InChI is InChI=1S/C52H92O6/c1-4-7-10-13-16-19-21-23-25-26-27-29-30-33-36-39-42-45-51(54)57-48-49(47-56-50(53)44-41-38-35-32-18-15-12-9-6-3)58-52(55)46-43-40-37-34-31-28-24-22-20-17-14-11-8-5-2/h23,25,27,29,32-33,35-36,49H,4-22,24,26,28,30-31,34,37-48H2,1-3H3/b25-23-,29-27-,35-32-,36-33-. The van der Waals surface area contributed by atoms with Crippen LogP contribution in [0.5, 0.6) is 0 Å². The van der Waals surface area contributed by atoms with Crippen molar-refractivity contribution in [2.75, 3.05) is 13.2 Å². The molecule has 0 aromatic heterocycles. The van der Waals surface area contributed by atoms with Crippen molar-refractivity contribution in [2.45, 2.75) is 252 Å². The third-order valence-electron chi connectivity index (χ3n) is 10.6. The molecule has 0 amide bonds. The predicted octanol–water partition coefficient (Wildman–Crippen LogP) is 15.9. The molecule has 0 fully saturated rings. The number of ether oxygens (including phenoxy) is 3. The van der Waals surface area contributed by atoms with Gasteiger partial charge in [0.1, 0.15) is 13.2 Å². The molecule has 0 spiro atoms. The number of allylic oxidation sites excluding steroid dienone is 8. The first kappa shape index (κ1) is 55.4. The summed E-state index contributed by atoms with van der Waals surface area (Å²) in [4.78, 5) is 37.7. The highest BCUT2D eigenvalue weighted by Gasteiger charge is 2.19. The molecule has 0 N–H and O–H groups in total. The largest absolute Gasteiger partial charge is 0.462 e. The monoisotopic (exact) mass is 813 g/mol. The molecule has 0 saturated heterocycles. The summed E-state index contributed by atoms with van der Waals surface area (Å²) in [7, 11) is 0. The summed E-state index contributed by atoms with van der Waals surface area (Å²) >= 11 is 0. The van der Waals surface area contributed by atoms with Gasteiger partial charge in [-0.25, -0.2) is 0 Å². The Kier molecular flexibility index (Phi) is 44.9. The van der Waals surface area contributed by atoms with Gasteiger partial charge in [-0.05, 0) is 70.6 Å². The number of hydrogen-bond donors (Lipinski definition) is 0. The van der Waals surface area contributed by atoms with Crippen LogP contribution in [-0.4, -0.2) is 37.2 Å². The van der Waals surface area contributed by atoms with Crippen molar-refractivity contribution in [3.8, 4) is 0 Å². The van der Waals surface area contributed by atoms with E-state index in [0.717, 1.165) is 51.4 Å². The predicted molar refractivity (Wildman–Crippen MR) is 247 cm³/mol. The summed E-state index contributed by atoms with van der Waals surface area (Å²) in [6, 6.07) is 0. The SMILES string of the molecule is CCCCCC/C=C\CCCC(=O)OCC(COC(=O)CCC/C=C\C/C=C\C/C=C\CCCCCCCC)OC(=O)CCCCCCCCCCCCCCCC. The summed E-state index contributed by atoms with van der Waals surface area (Å²) in [5, 5.41) is 0. The normalized spacial score (nSPS) is 12.4. The maximum absolute atomic E-state index is 12.7. The molecule has 1 unspecified atom stereocenters. The number of carbonyl (C=O) groups excluding carboxylic acids is 3. The van der Waals surface area contributed by atoms with Gasteiger partial charge in [0.05, 0.1) is 0 Å². The number of hydrogen-bond acceptors (Lipinski definition) is 6. The van der Waals surface area contributed by atoms with E-state index in [1.54, 1.807) is 0 Å². The first-order valence-corrected chi connectivity index (χ1v) is 24.6. The molecular weight excluding hydrogens is 721 g/mol. The molecule has 0 bridgehead atoms. The molecule has 6 heteroatoms. The van der Waals surface area contributed by atoms with Crippen molar-refractivity contribution < 1.29 is 28.6 Å². The second-order valence-corrected chi connectivity index (χ2v) is 16.4. The minimum atomic E-state index is -0.799. The summed E-state index contributed by atoms with van der Waals surface area (Å²) in [5.74, 6) is -0.984. The Bertz CT molecular complexity index is 1030. The summed E-state index contributed by atoms with van der Waals surface area (Å²) in [5.41, 5.74) is 0. The quantitative estimate of drug-likeness (QED) is 0.0264. The van der Waals surface area contributed by atoms with Crippen LogP contribution >= 0.6 is 0 Å². The topological polar surface area (TPSA) is 78.9 Å². The van der Waals surface area contributed by atoms with Crippen molar-refractivity contribution >= 4 is 17.9 Å². The van der Waals surface area contributed by atoms with E-state index in [0.29, 0.717) is 25.7 Å². The Morgan fingerprint density at radius 2 is 0.638 bits per heavy atom. The van der Waals surface area contributed by atoms with Crippen molar-refractivity contribution in [3.05, 3.63) is 48.6 Å². The first-order valence-electron chi connectivity index (χ1n) is 24.6. The lowest BCUT2D eigenvalue weighted by Gasteiger charge is -2.18. The molecule has 0 rings (SSSR count). The smallest absolute Gasteiger partial charge is 0.306 e. The summed E-state index contributed by atoms with van der Waals surface area (Å²) in [6.07, 6.45) is 55.4. The van der Waals surface area contributed by atoms with Crippen LogP contribution in [-0.2, 0) is 28.6 Å². The van der Waals surface area contributed by atoms with Gasteiger partial charge in [0.15, 0.2) is 6.10 Å². The van der Waals surface area contributed by atoms with E-state index in [-0.39, 0.29) is 37.5 Å². The van der Waals surface area contributed by atoms with Crippen LogP contribution in [0, 0.1) is 0 Å². The third kappa shape index (κ3) is 44.5. The van der Waals surface area contributed by atoms with E-state index in [2.05, 4.69) is 69.4 Å². The molecule has 0 radical (unpaired) electrons. The van der Waals surface area contributed by atoms with Crippen molar-refractivity contribution in [1.29, 1.82) is 0 Å². The van der Waals surface area contributed by atoms with Gasteiger partial charge in [-0.1, -0.05) is 204 Å². The van der Waals surface area contributed by atoms with Crippen LogP contribution in [0.4, 0.5) is 0 Å². The second-order valence-electron chi connectivity index (χ2n) is 16.4. The van der Waals surface area contributed by atoms with E-state index in [1.165, 1.54) is 141 Å². The van der Waals surface area contributed by atoms with Crippen molar-refractivity contribution in [1.82, 2.24) is 0 Å². The van der Waals surface area contributed by atoms with Crippen LogP contribution in [0.1, 0.15) is 245 Å². The zero-order valence-electron chi connectivity index (χ0n) is 38.3. The highest BCUT2D eigenvalue weighted by molar-refractivity contribution is 5.71. The van der Waals surface area contributed by atoms with E-state index in [4.69, 9.17) is 14.2 Å². The number of rotatable bonds is 44. The minimum absolute atomic E-state index is 0.102. The Morgan fingerprint density at radius 3 is 1.05 bits per heavy atom. The van der Waals surface area contributed by atoms with E-state index in [9.17, 15) is 14.4 Å². The van der Waals surface area contributed by atoms with Crippen LogP contribution in [0.3, 0.4) is 0 Å². The molecule has 336 valence electrons. The van der Waals surface area contributed by atoms with E-state index < -0.39 is 6.10 Å². The zero-order valence-corrected chi connectivity index (χ0v) is 38.3. The molecule has 0 aliphatic carbocycles. The van der Waals surface area contributed by atoms with Gasteiger partial charge in [-0.2, -0.15) is 0 Å². The molecule has 58 heavy (non-hydrogen) atoms. The Morgan fingerprint density at radius 1 is 0.345 bits per heavy atom. The Balaban J connectivity index is 4.42. The van der Waals surface area contributed by atoms with Gasteiger partial charge in [0, 0.05) is 19.3 Å². The minimum Gasteiger partial charge on any atom is -0.462 e. The molecule has 0 heterocycles. The van der Waals surface area contributed by atoms with Crippen molar-refractivity contribution in [2.24, 2.45) is 0 Å². The fourth-order valence-electron chi connectivity index (χ4n) is 6.81. The Labute approximate surface area is 358 Å². The van der Waals surface area contributed by atoms with E-state index >= 15 is 0 Å². The van der Waals surface area contributed by atoms with Crippen LogP contribution in [0.15, 0.2) is 48.6 Å². The maximum atomic E-state index is 12.7. The molecule has 0 saturated carbocycles. The molecule has 0 aromatic carbocycles. The van der Waals surface area contributed by atoms with Crippen LogP contribution in [0.25, 0.3) is 0 Å². The maximum Gasteiger partial charge on any atom is 0.306 e.